The maximum absolute atomic E-state index is 13.0. The standard InChI is InChI=1S/C22H28N2O2S/c1-3-15-23-22(26)20(4-2)24(16-18-11-7-5-8-12-18)21(25)17-27-19-13-9-6-10-14-19/h5-14,20H,3-4,15-17H2,1-2H3,(H,23,26)/t20-/m0/s1. The van der Waals surface area contributed by atoms with E-state index in [4.69, 9.17) is 0 Å². The molecule has 0 bridgehead atoms. The Morgan fingerprint density at radius 3 is 2.22 bits per heavy atom. The number of hydrogen-bond donors (Lipinski definition) is 1. The van der Waals surface area contributed by atoms with Crippen molar-refractivity contribution < 1.29 is 9.59 Å². The molecule has 4 nitrogen and oxygen atoms in total. The van der Waals surface area contributed by atoms with Crippen LogP contribution < -0.4 is 5.32 Å². The van der Waals surface area contributed by atoms with Gasteiger partial charge >= 0.3 is 0 Å². The fraction of sp³-hybridized carbons (Fsp3) is 0.364. The number of nitrogens with one attached hydrogen (secondary N) is 1. The smallest absolute Gasteiger partial charge is 0.242 e. The molecule has 1 N–H and O–H groups in total. The number of thioether (sulfide) groups is 1. The third kappa shape index (κ3) is 6.75. The molecule has 0 fully saturated rings. The summed E-state index contributed by atoms with van der Waals surface area (Å²) in [4.78, 5) is 28.4. The van der Waals surface area contributed by atoms with Gasteiger partial charge in [-0.05, 0) is 30.5 Å². The highest BCUT2D eigenvalue weighted by molar-refractivity contribution is 8.00. The number of hydrogen-bond acceptors (Lipinski definition) is 3. The first kappa shape index (κ1) is 21.0. The Kier molecular flexibility index (Phi) is 8.92. The Labute approximate surface area is 166 Å². The molecule has 144 valence electrons. The lowest BCUT2D eigenvalue weighted by Gasteiger charge is -2.30. The van der Waals surface area contributed by atoms with Crippen LogP contribution in [0.3, 0.4) is 0 Å². The van der Waals surface area contributed by atoms with Gasteiger partial charge in [0, 0.05) is 18.0 Å². The summed E-state index contributed by atoms with van der Waals surface area (Å²) >= 11 is 1.50. The number of rotatable bonds is 10. The lowest BCUT2D eigenvalue weighted by molar-refractivity contribution is -0.139. The fourth-order valence-electron chi connectivity index (χ4n) is 2.81. The van der Waals surface area contributed by atoms with Gasteiger partial charge < -0.3 is 10.2 Å². The number of amides is 2. The van der Waals surface area contributed by atoms with Gasteiger partial charge in [0.05, 0.1) is 5.75 Å². The SMILES string of the molecule is CCCNC(=O)[C@H](CC)N(Cc1ccccc1)C(=O)CSc1ccccc1. The van der Waals surface area contributed by atoms with Crippen LogP contribution >= 0.6 is 11.8 Å². The molecule has 0 unspecified atom stereocenters. The van der Waals surface area contributed by atoms with Gasteiger partial charge in [0.15, 0.2) is 0 Å². The molecule has 0 saturated heterocycles. The Bertz CT molecular complexity index is 707. The largest absolute Gasteiger partial charge is 0.354 e. The van der Waals surface area contributed by atoms with Crippen molar-refractivity contribution in [2.45, 2.75) is 44.2 Å². The number of benzene rings is 2. The summed E-state index contributed by atoms with van der Waals surface area (Å²) in [5.41, 5.74) is 1.03. The minimum atomic E-state index is -0.458. The summed E-state index contributed by atoms with van der Waals surface area (Å²) in [6.45, 7) is 5.03. The van der Waals surface area contributed by atoms with Crippen molar-refractivity contribution in [1.82, 2.24) is 10.2 Å². The van der Waals surface area contributed by atoms with Gasteiger partial charge in [-0.2, -0.15) is 0 Å². The molecule has 0 spiro atoms. The van der Waals surface area contributed by atoms with E-state index in [2.05, 4.69) is 5.32 Å². The Morgan fingerprint density at radius 1 is 1.00 bits per heavy atom. The van der Waals surface area contributed by atoms with Crippen molar-refractivity contribution >= 4 is 23.6 Å². The lowest BCUT2D eigenvalue weighted by Crippen LogP contribution is -2.49. The summed E-state index contributed by atoms with van der Waals surface area (Å²) in [6, 6.07) is 19.2. The summed E-state index contributed by atoms with van der Waals surface area (Å²) in [5.74, 6) is 0.216. The average Bonchev–Trinajstić information content (AvgIpc) is 2.71. The maximum Gasteiger partial charge on any atom is 0.242 e. The minimum Gasteiger partial charge on any atom is -0.354 e. The van der Waals surface area contributed by atoms with Crippen molar-refractivity contribution in [2.24, 2.45) is 0 Å². The molecule has 2 amide bonds. The van der Waals surface area contributed by atoms with Gasteiger partial charge in [-0.25, -0.2) is 0 Å². The van der Waals surface area contributed by atoms with Gasteiger partial charge in [0.25, 0.3) is 0 Å². The molecule has 5 heteroatoms. The second-order valence-corrected chi connectivity index (χ2v) is 7.37. The first-order chi connectivity index (χ1) is 13.2. The van der Waals surface area contributed by atoms with Gasteiger partial charge in [-0.3, -0.25) is 9.59 Å². The normalized spacial score (nSPS) is 11.6. The molecule has 27 heavy (non-hydrogen) atoms. The van der Waals surface area contributed by atoms with Crippen molar-refractivity contribution in [3.8, 4) is 0 Å². The first-order valence-corrected chi connectivity index (χ1v) is 10.4. The monoisotopic (exact) mass is 384 g/mol. The molecule has 0 aromatic heterocycles. The maximum atomic E-state index is 13.0. The summed E-state index contributed by atoms with van der Waals surface area (Å²) < 4.78 is 0. The molecule has 2 aromatic carbocycles. The second-order valence-electron chi connectivity index (χ2n) is 6.32. The predicted molar refractivity (Wildman–Crippen MR) is 112 cm³/mol. The predicted octanol–water partition coefficient (Wildman–Crippen LogP) is 4.11. The zero-order valence-corrected chi connectivity index (χ0v) is 16.9. The van der Waals surface area contributed by atoms with Crippen LogP contribution in [0.25, 0.3) is 0 Å². The fourth-order valence-corrected chi connectivity index (χ4v) is 3.62. The molecule has 0 aliphatic rings. The van der Waals surface area contributed by atoms with Crippen LogP contribution in [0, 0.1) is 0 Å². The van der Waals surface area contributed by atoms with E-state index >= 15 is 0 Å². The van der Waals surface area contributed by atoms with Crippen molar-refractivity contribution in [1.29, 1.82) is 0 Å². The second kappa shape index (κ2) is 11.4. The zero-order chi connectivity index (χ0) is 19.5. The van der Waals surface area contributed by atoms with Gasteiger partial charge in [-0.15, -0.1) is 11.8 Å². The lowest BCUT2D eigenvalue weighted by atomic mass is 10.1. The van der Waals surface area contributed by atoms with E-state index in [9.17, 15) is 9.59 Å². The van der Waals surface area contributed by atoms with Crippen LogP contribution in [0.15, 0.2) is 65.6 Å². The molecular weight excluding hydrogens is 356 g/mol. The Balaban J connectivity index is 2.14. The minimum absolute atomic E-state index is 0.0220. The Hall–Kier alpha value is -2.27. The number of carbonyl (C=O) groups excluding carboxylic acids is 2. The third-order valence-electron chi connectivity index (χ3n) is 4.24. The Morgan fingerprint density at radius 2 is 1.63 bits per heavy atom. The van der Waals surface area contributed by atoms with Gasteiger partial charge in [-0.1, -0.05) is 62.4 Å². The number of carbonyl (C=O) groups is 2. The van der Waals surface area contributed by atoms with Crippen LogP contribution in [-0.4, -0.2) is 35.1 Å². The van der Waals surface area contributed by atoms with E-state index in [1.54, 1.807) is 4.90 Å². The highest BCUT2D eigenvalue weighted by Crippen LogP contribution is 2.20. The zero-order valence-electron chi connectivity index (χ0n) is 16.1. The van der Waals surface area contributed by atoms with Crippen molar-refractivity contribution in [3.63, 3.8) is 0 Å². The molecule has 2 aromatic rings. The molecule has 2 rings (SSSR count). The molecule has 0 heterocycles. The number of nitrogens with zero attached hydrogens (tertiary/aromatic N) is 1. The van der Waals surface area contributed by atoms with E-state index in [-0.39, 0.29) is 11.8 Å². The molecular formula is C22H28N2O2S. The van der Waals surface area contributed by atoms with Crippen LogP contribution in [0.2, 0.25) is 0 Å². The molecule has 0 aliphatic heterocycles. The van der Waals surface area contributed by atoms with Crippen molar-refractivity contribution in [2.75, 3.05) is 12.3 Å². The summed E-state index contributed by atoms with van der Waals surface area (Å²) in [7, 11) is 0. The summed E-state index contributed by atoms with van der Waals surface area (Å²) in [6.07, 6.45) is 1.46. The van der Waals surface area contributed by atoms with Crippen LogP contribution in [0.1, 0.15) is 32.3 Å². The average molecular weight is 385 g/mol. The summed E-state index contributed by atoms with van der Waals surface area (Å²) in [5, 5.41) is 2.94. The highest BCUT2D eigenvalue weighted by Gasteiger charge is 2.28. The first-order valence-electron chi connectivity index (χ1n) is 9.44. The van der Waals surface area contributed by atoms with E-state index in [0.29, 0.717) is 25.3 Å². The molecule has 0 radical (unpaired) electrons. The van der Waals surface area contributed by atoms with Gasteiger partial charge in [0.2, 0.25) is 11.8 Å². The van der Waals surface area contributed by atoms with Gasteiger partial charge in [0.1, 0.15) is 6.04 Å². The third-order valence-corrected chi connectivity index (χ3v) is 5.23. The molecule has 0 aliphatic carbocycles. The molecule has 0 saturated carbocycles. The van der Waals surface area contributed by atoms with Crippen molar-refractivity contribution in [3.05, 3.63) is 66.2 Å². The highest BCUT2D eigenvalue weighted by atomic mass is 32.2. The van der Waals surface area contributed by atoms with E-state index in [0.717, 1.165) is 16.9 Å². The van der Waals surface area contributed by atoms with Crippen LogP contribution in [0.4, 0.5) is 0 Å². The van der Waals surface area contributed by atoms with E-state index in [1.165, 1.54) is 11.8 Å². The quantitative estimate of drug-likeness (QED) is 0.627. The van der Waals surface area contributed by atoms with E-state index < -0.39 is 6.04 Å². The van der Waals surface area contributed by atoms with Crippen LogP contribution in [-0.2, 0) is 16.1 Å². The van der Waals surface area contributed by atoms with E-state index in [1.807, 2.05) is 74.5 Å². The molecule has 1 atom stereocenters. The topological polar surface area (TPSA) is 49.4 Å². The van der Waals surface area contributed by atoms with Crippen LogP contribution in [0.5, 0.6) is 0 Å².